The molecule has 1 nitrogen and oxygen atoms in total. The summed E-state index contributed by atoms with van der Waals surface area (Å²) in [5.41, 5.74) is 1.94. The smallest absolute Gasteiger partial charge is 0.0712 e. The van der Waals surface area contributed by atoms with Gasteiger partial charge in [0.05, 0.1) is 7.85 Å². The molecule has 0 aromatic carbocycles. The second-order valence-corrected chi connectivity index (χ2v) is 4.74. The summed E-state index contributed by atoms with van der Waals surface area (Å²) >= 11 is 0. The van der Waals surface area contributed by atoms with Crippen LogP contribution in [0.1, 0.15) is 25.7 Å². The average molecular weight is 175 g/mol. The summed E-state index contributed by atoms with van der Waals surface area (Å²) in [6, 6.07) is 0. The van der Waals surface area contributed by atoms with Crippen LogP contribution in [-0.2, 0) is 0 Å². The lowest BCUT2D eigenvalue weighted by Crippen LogP contribution is -2.54. The molecule has 2 fully saturated rings. The van der Waals surface area contributed by atoms with Crippen molar-refractivity contribution in [3.8, 4) is 0 Å². The standard InChI is InChI=1S/C11H18BN/c1-9(6-12)10-2-4-11(5-3-10)7-13-8-11/h10,13H,1-8H2. The van der Waals surface area contributed by atoms with Crippen LogP contribution >= 0.6 is 0 Å². The van der Waals surface area contributed by atoms with E-state index in [1.807, 2.05) is 0 Å². The largest absolute Gasteiger partial charge is 0.316 e. The van der Waals surface area contributed by atoms with Crippen molar-refractivity contribution in [1.82, 2.24) is 5.32 Å². The molecule has 1 N–H and O–H groups in total. The summed E-state index contributed by atoms with van der Waals surface area (Å²) in [7, 11) is 5.61. The highest BCUT2D eigenvalue weighted by molar-refractivity contribution is 6.10. The molecule has 0 unspecified atom stereocenters. The predicted molar refractivity (Wildman–Crippen MR) is 57.0 cm³/mol. The van der Waals surface area contributed by atoms with Crippen molar-refractivity contribution in [1.29, 1.82) is 0 Å². The molecule has 0 amide bonds. The molecule has 2 radical (unpaired) electrons. The maximum Gasteiger partial charge on any atom is 0.0712 e. The molecule has 1 saturated heterocycles. The highest BCUT2D eigenvalue weighted by Gasteiger charge is 2.40. The van der Waals surface area contributed by atoms with Gasteiger partial charge in [0.25, 0.3) is 0 Å². The summed E-state index contributed by atoms with van der Waals surface area (Å²) in [4.78, 5) is 0. The molecule has 1 aliphatic carbocycles. The molecule has 1 heterocycles. The first-order chi connectivity index (χ1) is 6.26. The summed E-state index contributed by atoms with van der Waals surface area (Å²) < 4.78 is 0. The van der Waals surface area contributed by atoms with Crippen molar-refractivity contribution in [2.24, 2.45) is 11.3 Å². The fourth-order valence-electron chi connectivity index (χ4n) is 2.64. The lowest BCUT2D eigenvalue weighted by atomic mass is 9.65. The third-order valence-corrected chi connectivity index (χ3v) is 3.89. The van der Waals surface area contributed by atoms with Crippen molar-refractivity contribution < 1.29 is 0 Å². The van der Waals surface area contributed by atoms with E-state index in [0.29, 0.717) is 11.7 Å². The van der Waals surface area contributed by atoms with E-state index < -0.39 is 0 Å². The first-order valence-corrected chi connectivity index (χ1v) is 5.34. The Morgan fingerprint density at radius 3 is 2.38 bits per heavy atom. The number of allylic oxidation sites excluding steroid dienone is 1. The zero-order valence-corrected chi connectivity index (χ0v) is 8.31. The molecule has 2 rings (SSSR count). The number of nitrogens with one attached hydrogen (secondary N) is 1. The van der Waals surface area contributed by atoms with Gasteiger partial charge in [-0.1, -0.05) is 11.9 Å². The molecule has 0 atom stereocenters. The second kappa shape index (κ2) is 3.49. The summed E-state index contributed by atoms with van der Waals surface area (Å²) in [6.07, 6.45) is 6.07. The monoisotopic (exact) mass is 175 g/mol. The molecular weight excluding hydrogens is 157 g/mol. The van der Waals surface area contributed by atoms with Gasteiger partial charge in [0.15, 0.2) is 0 Å². The van der Waals surface area contributed by atoms with Crippen molar-refractivity contribution in [3.05, 3.63) is 12.2 Å². The predicted octanol–water partition coefficient (Wildman–Crippen LogP) is 1.91. The van der Waals surface area contributed by atoms with Gasteiger partial charge in [-0.3, -0.25) is 0 Å². The van der Waals surface area contributed by atoms with Gasteiger partial charge in [0, 0.05) is 13.1 Å². The Kier molecular flexibility index (Phi) is 2.50. The van der Waals surface area contributed by atoms with Gasteiger partial charge in [-0.15, -0.1) is 6.58 Å². The lowest BCUT2D eigenvalue weighted by Gasteiger charge is -2.47. The zero-order valence-electron chi connectivity index (χ0n) is 8.31. The van der Waals surface area contributed by atoms with Crippen LogP contribution in [-0.4, -0.2) is 20.9 Å². The molecule has 70 valence electrons. The van der Waals surface area contributed by atoms with E-state index in [-0.39, 0.29) is 0 Å². The minimum absolute atomic E-state index is 0.672. The van der Waals surface area contributed by atoms with Crippen LogP contribution in [0.3, 0.4) is 0 Å². The van der Waals surface area contributed by atoms with E-state index in [4.69, 9.17) is 7.85 Å². The Morgan fingerprint density at radius 2 is 2.00 bits per heavy atom. The van der Waals surface area contributed by atoms with Crippen LogP contribution in [0.5, 0.6) is 0 Å². The van der Waals surface area contributed by atoms with Crippen LogP contribution in [0.2, 0.25) is 6.32 Å². The number of hydrogen-bond donors (Lipinski definition) is 1. The van der Waals surface area contributed by atoms with Crippen molar-refractivity contribution in [3.63, 3.8) is 0 Å². The number of rotatable bonds is 2. The summed E-state index contributed by atoms with van der Waals surface area (Å²) in [5.74, 6) is 0.719. The molecule has 2 heteroatoms. The van der Waals surface area contributed by atoms with Crippen LogP contribution in [0.25, 0.3) is 0 Å². The maximum absolute atomic E-state index is 5.61. The first-order valence-electron chi connectivity index (χ1n) is 5.34. The SMILES string of the molecule is [B]CC(=C)C1CCC2(CC1)CNC2. The Bertz CT molecular complexity index is 198. The maximum atomic E-state index is 5.61. The van der Waals surface area contributed by atoms with Gasteiger partial charge < -0.3 is 5.32 Å². The Morgan fingerprint density at radius 1 is 1.38 bits per heavy atom. The minimum Gasteiger partial charge on any atom is -0.316 e. The lowest BCUT2D eigenvalue weighted by molar-refractivity contribution is 0.0898. The minimum atomic E-state index is 0.672. The van der Waals surface area contributed by atoms with Crippen LogP contribution in [0, 0.1) is 11.3 Å². The fourth-order valence-corrected chi connectivity index (χ4v) is 2.64. The molecule has 1 spiro atoms. The molecule has 1 saturated carbocycles. The van der Waals surface area contributed by atoms with Gasteiger partial charge in [-0.25, -0.2) is 0 Å². The highest BCUT2D eigenvalue weighted by atomic mass is 15.0. The highest BCUT2D eigenvalue weighted by Crippen LogP contribution is 2.43. The molecule has 0 aromatic rings. The molecular formula is C11H18BN. The van der Waals surface area contributed by atoms with Crippen molar-refractivity contribution in [2.45, 2.75) is 32.0 Å². The van der Waals surface area contributed by atoms with E-state index in [1.165, 1.54) is 44.3 Å². The zero-order chi connectivity index (χ0) is 9.31. The van der Waals surface area contributed by atoms with Crippen molar-refractivity contribution in [2.75, 3.05) is 13.1 Å². The molecule has 1 aliphatic heterocycles. The molecule has 2 aliphatic rings. The summed E-state index contributed by atoms with van der Waals surface area (Å²) in [5, 5.41) is 3.38. The molecule has 13 heavy (non-hydrogen) atoms. The Labute approximate surface area is 82.4 Å². The summed E-state index contributed by atoms with van der Waals surface area (Å²) in [6.45, 7) is 6.54. The van der Waals surface area contributed by atoms with Gasteiger partial charge in [-0.05, 0) is 37.0 Å². The van der Waals surface area contributed by atoms with E-state index in [2.05, 4.69) is 11.9 Å². The normalized spacial score (nSPS) is 27.1. The van der Waals surface area contributed by atoms with E-state index in [0.717, 1.165) is 5.92 Å². The second-order valence-electron chi connectivity index (χ2n) is 4.74. The van der Waals surface area contributed by atoms with Crippen molar-refractivity contribution >= 4 is 7.85 Å². The van der Waals surface area contributed by atoms with Crippen LogP contribution in [0.4, 0.5) is 0 Å². The average Bonchev–Trinajstić information content (AvgIpc) is 2.14. The van der Waals surface area contributed by atoms with Gasteiger partial charge in [0.2, 0.25) is 0 Å². The number of hydrogen-bond acceptors (Lipinski definition) is 1. The van der Waals surface area contributed by atoms with Gasteiger partial charge in [-0.2, -0.15) is 0 Å². The van der Waals surface area contributed by atoms with Gasteiger partial charge >= 0.3 is 0 Å². The van der Waals surface area contributed by atoms with E-state index in [9.17, 15) is 0 Å². The quantitative estimate of drug-likeness (QED) is 0.499. The van der Waals surface area contributed by atoms with E-state index in [1.54, 1.807) is 0 Å². The molecule has 0 aromatic heterocycles. The topological polar surface area (TPSA) is 12.0 Å². The molecule has 0 bridgehead atoms. The Hall–Kier alpha value is -0.235. The third kappa shape index (κ3) is 1.69. The van der Waals surface area contributed by atoms with E-state index >= 15 is 0 Å². The van der Waals surface area contributed by atoms with Crippen LogP contribution < -0.4 is 5.32 Å². The Balaban J connectivity index is 1.85. The fraction of sp³-hybridized carbons (Fsp3) is 0.818. The first kappa shape index (κ1) is 9.33. The van der Waals surface area contributed by atoms with Gasteiger partial charge in [0.1, 0.15) is 0 Å². The van der Waals surface area contributed by atoms with Crippen LogP contribution in [0.15, 0.2) is 12.2 Å². The third-order valence-electron chi connectivity index (χ3n) is 3.89.